The van der Waals surface area contributed by atoms with Crippen LogP contribution in [0.3, 0.4) is 0 Å². The van der Waals surface area contributed by atoms with E-state index in [1.165, 1.54) is 83.5 Å². The zero-order valence-electron chi connectivity index (χ0n) is 15.9. The molecule has 23 heavy (non-hydrogen) atoms. The first-order chi connectivity index (χ1) is 11.2. The van der Waals surface area contributed by atoms with Crippen molar-refractivity contribution in [1.29, 1.82) is 0 Å². The van der Waals surface area contributed by atoms with Gasteiger partial charge in [-0.2, -0.15) is 0 Å². The van der Waals surface area contributed by atoms with E-state index in [0.717, 1.165) is 12.2 Å². The largest absolute Gasteiger partial charge is 0.396 e. The number of hydrogen-bond donors (Lipinski definition) is 1. The van der Waals surface area contributed by atoms with E-state index in [1.807, 2.05) is 6.92 Å². The van der Waals surface area contributed by atoms with E-state index in [-0.39, 0.29) is 12.5 Å². The molecular formula is C20H42O2S. The van der Waals surface area contributed by atoms with E-state index < -0.39 is 10.8 Å². The fourth-order valence-corrected chi connectivity index (χ4v) is 4.34. The van der Waals surface area contributed by atoms with E-state index in [2.05, 4.69) is 6.92 Å². The Kier molecular flexibility index (Phi) is 18.5. The monoisotopic (exact) mass is 346 g/mol. The summed E-state index contributed by atoms with van der Waals surface area (Å²) in [5.41, 5.74) is 0. The molecule has 0 heterocycles. The Morgan fingerprint density at radius 1 is 0.739 bits per heavy atom. The fraction of sp³-hybridized carbons (Fsp3) is 1.00. The van der Waals surface area contributed by atoms with Gasteiger partial charge in [0.15, 0.2) is 0 Å². The predicted molar refractivity (Wildman–Crippen MR) is 104 cm³/mol. The third-order valence-electron chi connectivity index (χ3n) is 4.51. The first kappa shape index (κ1) is 23.1. The molecule has 0 aliphatic carbocycles. The summed E-state index contributed by atoms with van der Waals surface area (Å²) < 4.78 is 11.7. The number of hydrogen-bond acceptors (Lipinski definition) is 2. The van der Waals surface area contributed by atoms with E-state index in [0.29, 0.717) is 5.75 Å². The van der Waals surface area contributed by atoms with Crippen molar-refractivity contribution in [3.8, 4) is 0 Å². The summed E-state index contributed by atoms with van der Waals surface area (Å²) in [6.07, 6.45) is 19.0. The summed E-state index contributed by atoms with van der Waals surface area (Å²) in [6.45, 7) is 4.39. The van der Waals surface area contributed by atoms with Crippen LogP contribution in [0.1, 0.15) is 104 Å². The van der Waals surface area contributed by atoms with Crippen molar-refractivity contribution in [2.45, 2.75) is 104 Å². The molecule has 0 aromatic carbocycles. The number of unbranched alkanes of at least 4 members (excludes halogenated alkanes) is 13. The van der Waals surface area contributed by atoms with Gasteiger partial charge in [-0.3, -0.25) is 4.21 Å². The Balaban J connectivity index is 3.12. The van der Waals surface area contributed by atoms with Crippen molar-refractivity contribution in [3.63, 3.8) is 0 Å². The van der Waals surface area contributed by atoms with Gasteiger partial charge >= 0.3 is 0 Å². The van der Waals surface area contributed by atoms with E-state index >= 15 is 0 Å². The zero-order valence-corrected chi connectivity index (χ0v) is 16.7. The number of rotatable bonds is 18. The molecule has 0 spiro atoms. The topological polar surface area (TPSA) is 37.3 Å². The van der Waals surface area contributed by atoms with Crippen molar-refractivity contribution in [2.75, 3.05) is 18.1 Å². The average molecular weight is 347 g/mol. The standard InChI is InChI=1S/C20H42O2S/c1-3-4-5-6-7-8-9-10-11-12-13-14-15-16-17-23(22)19-20(2)18-21/h20-21H,3-19H2,1-2H3. The lowest BCUT2D eigenvalue weighted by atomic mass is 10.0. The molecule has 0 aliphatic heterocycles. The highest BCUT2D eigenvalue weighted by Crippen LogP contribution is 2.13. The maximum Gasteiger partial charge on any atom is 0.0465 e. The highest BCUT2D eigenvalue weighted by Gasteiger charge is 2.06. The molecule has 0 fully saturated rings. The summed E-state index contributed by atoms with van der Waals surface area (Å²) in [7, 11) is -0.726. The first-order valence-electron chi connectivity index (χ1n) is 10.2. The number of aliphatic hydroxyl groups is 1. The molecule has 0 saturated carbocycles. The van der Waals surface area contributed by atoms with Crippen molar-refractivity contribution in [3.05, 3.63) is 0 Å². The summed E-state index contributed by atoms with van der Waals surface area (Å²) in [6, 6.07) is 0. The maximum absolute atomic E-state index is 11.7. The Morgan fingerprint density at radius 2 is 1.13 bits per heavy atom. The van der Waals surface area contributed by atoms with Gasteiger partial charge in [-0.25, -0.2) is 0 Å². The van der Waals surface area contributed by atoms with Gasteiger partial charge < -0.3 is 5.11 Å². The van der Waals surface area contributed by atoms with Crippen LogP contribution in [0.15, 0.2) is 0 Å². The molecule has 0 bridgehead atoms. The van der Waals surface area contributed by atoms with Crippen LogP contribution >= 0.6 is 0 Å². The molecule has 140 valence electrons. The van der Waals surface area contributed by atoms with Crippen LogP contribution in [0, 0.1) is 5.92 Å². The summed E-state index contributed by atoms with van der Waals surface area (Å²) in [5, 5.41) is 8.94. The molecular weight excluding hydrogens is 304 g/mol. The van der Waals surface area contributed by atoms with Crippen LogP contribution in [0.2, 0.25) is 0 Å². The molecule has 3 heteroatoms. The Morgan fingerprint density at radius 3 is 1.52 bits per heavy atom. The summed E-state index contributed by atoms with van der Waals surface area (Å²) >= 11 is 0. The van der Waals surface area contributed by atoms with Crippen LogP contribution < -0.4 is 0 Å². The fourth-order valence-electron chi connectivity index (χ4n) is 2.91. The van der Waals surface area contributed by atoms with E-state index in [4.69, 9.17) is 5.11 Å². The zero-order chi connectivity index (χ0) is 17.2. The quantitative estimate of drug-likeness (QED) is 0.316. The molecule has 0 aromatic rings. The van der Waals surface area contributed by atoms with Crippen molar-refractivity contribution >= 4 is 10.8 Å². The van der Waals surface area contributed by atoms with Crippen molar-refractivity contribution < 1.29 is 9.32 Å². The highest BCUT2D eigenvalue weighted by molar-refractivity contribution is 7.84. The van der Waals surface area contributed by atoms with Gasteiger partial charge in [-0.15, -0.1) is 0 Å². The van der Waals surface area contributed by atoms with Crippen LogP contribution in [-0.2, 0) is 10.8 Å². The summed E-state index contributed by atoms with van der Waals surface area (Å²) in [4.78, 5) is 0. The van der Waals surface area contributed by atoms with Crippen LogP contribution in [0.4, 0.5) is 0 Å². The Bertz CT molecular complexity index is 256. The van der Waals surface area contributed by atoms with Crippen molar-refractivity contribution in [2.24, 2.45) is 5.92 Å². The number of aliphatic hydroxyl groups excluding tert-OH is 1. The third kappa shape index (κ3) is 18.3. The predicted octanol–water partition coefficient (Wildman–Crippen LogP) is 5.84. The average Bonchev–Trinajstić information content (AvgIpc) is 2.55. The SMILES string of the molecule is CCCCCCCCCCCCCCCCS(=O)CC(C)CO. The normalized spacial score (nSPS) is 14.0. The molecule has 0 rings (SSSR count). The molecule has 2 atom stereocenters. The van der Waals surface area contributed by atoms with Gasteiger partial charge in [0, 0.05) is 28.9 Å². The minimum atomic E-state index is -0.726. The van der Waals surface area contributed by atoms with Gasteiger partial charge in [0.05, 0.1) is 0 Å². The molecule has 0 aliphatic rings. The second-order valence-corrected chi connectivity index (χ2v) is 8.82. The lowest BCUT2D eigenvalue weighted by molar-refractivity contribution is 0.250. The third-order valence-corrected chi connectivity index (χ3v) is 6.19. The van der Waals surface area contributed by atoms with Crippen LogP contribution in [0.5, 0.6) is 0 Å². The minimum absolute atomic E-state index is 0.157. The molecule has 0 saturated heterocycles. The molecule has 0 amide bonds. The van der Waals surface area contributed by atoms with Gasteiger partial charge in [0.1, 0.15) is 0 Å². The highest BCUT2D eigenvalue weighted by atomic mass is 32.2. The lowest BCUT2D eigenvalue weighted by Gasteiger charge is -2.07. The van der Waals surface area contributed by atoms with Gasteiger partial charge in [-0.1, -0.05) is 97.3 Å². The molecule has 1 N–H and O–H groups in total. The molecule has 2 unspecified atom stereocenters. The van der Waals surface area contributed by atoms with E-state index in [1.54, 1.807) is 0 Å². The molecule has 0 aromatic heterocycles. The molecule has 0 radical (unpaired) electrons. The van der Waals surface area contributed by atoms with Crippen LogP contribution in [0.25, 0.3) is 0 Å². The first-order valence-corrected chi connectivity index (χ1v) is 11.6. The second-order valence-electron chi connectivity index (χ2n) is 7.19. The second kappa shape index (κ2) is 18.4. The Hall–Kier alpha value is 0.110. The van der Waals surface area contributed by atoms with Crippen LogP contribution in [-0.4, -0.2) is 27.4 Å². The van der Waals surface area contributed by atoms with E-state index in [9.17, 15) is 4.21 Å². The summed E-state index contributed by atoms with van der Waals surface area (Å²) in [5.74, 6) is 1.67. The lowest BCUT2D eigenvalue weighted by Crippen LogP contribution is -2.13. The van der Waals surface area contributed by atoms with Gasteiger partial charge in [0.2, 0.25) is 0 Å². The smallest absolute Gasteiger partial charge is 0.0465 e. The minimum Gasteiger partial charge on any atom is -0.396 e. The Labute approximate surface area is 148 Å². The van der Waals surface area contributed by atoms with Gasteiger partial charge in [-0.05, 0) is 12.3 Å². The van der Waals surface area contributed by atoms with Gasteiger partial charge in [0.25, 0.3) is 0 Å². The maximum atomic E-state index is 11.7. The van der Waals surface area contributed by atoms with Crippen molar-refractivity contribution in [1.82, 2.24) is 0 Å². The molecule has 2 nitrogen and oxygen atoms in total.